The van der Waals surface area contributed by atoms with Gasteiger partial charge in [-0.05, 0) is 54.0 Å². The molecule has 1 N–H and O–H groups in total. The van der Waals surface area contributed by atoms with Gasteiger partial charge >= 0.3 is 5.97 Å². The average molecular weight is 438 g/mol. The number of fused-ring (bicyclic) bond motifs is 1. The summed E-state index contributed by atoms with van der Waals surface area (Å²) in [5.41, 5.74) is 1.04. The van der Waals surface area contributed by atoms with Crippen LogP contribution in [-0.4, -0.2) is 21.0 Å². The van der Waals surface area contributed by atoms with Crippen molar-refractivity contribution in [3.63, 3.8) is 0 Å². The van der Waals surface area contributed by atoms with Crippen LogP contribution in [0.4, 0.5) is 5.69 Å². The summed E-state index contributed by atoms with van der Waals surface area (Å²) in [5.74, 6) is -0.110. The highest BCUT2D eigenvalue weighted by Gasteiger charge is 2.22. The first kappa shape index (κ1) is 18.5. The third-order valence-corrected chi connectivity index (χ3v) is 5.69. The standard InChI is InChI=1S/C18H16BrNO5S/c1-3-24-18(21)16-11(2)25-17-14(16)9-12(10-15(17)19)20-26(22,23)13-7-5-4-6-8-13/h4-10,20H,3H2,1-2H3. The smallest absolute Gasteiger partial charge is 0.342 e. The van der Waals surface area contributed by atoms with E-state index < -0.39 is 16.0 Å². The van der Waals surface area contributed by atoms with Crippen molar-refractivity contribution in [2.75, 3.05) is 11.3 Å². The van der Waals surface area contributed by atoms with Crippen LogP contribution in [0.3, 0.4) is 0 Å². The number of sulfonamides is 1. The van der Waals surface area contributed by atoms with E-state index >= 15 is 0 Å². The highest BCUT2D eigenvalue weighted by Crippen LogP contribution is 2.35. The van der Waals surface area contributed by atoms with Crippen molar-refractivity contribution in [2.45, 2.75) is 18.7 Å². The van der Waals surface area contributed by atoms with Gasteiger partial charge in [-0.1, -0.05) is 18.2 Å². The minimum atomic E-state index is -3.75. The van der Waals surface area contributed by atoms with Gasteiger partial charge in [0.2, 0.25) is 0 Å². The number of carbonyl (C=O) groups excluding carboxylic acids is 1. The monoisotopic (exact) mass is 437 g/mol. The molecule has 1 heterocycles. The number of nitrogens with one attached hydrogen (secondary N) is 1. The average Bonchev–Trinajstić information content (AvgIpc) is 2.92. The molecule has 0 saturated carbocycles. The molecule has 0 aliphatic rings. The zero-order valence-electron chi connectivity index (χ0n) is 14.1. The van der Waals surface area contributed by atoms with Crippen LogP contribution in [0, 0.1) is 6.92 Å². The van der Waals surface area contributed by atoms with Crippen LogP contribution < -0.4 is 4.72 Å². The van der Waals surface area contributed by atoms with Crippen molar-refractivity contribution in [1.82, 2.24) is 0 Å². The van der Waals surface area contributed by atoms with Gasteiger partial charge in [-0.15, -0.1) is 0 Å². The number of anilines is 1. The number of carbonyl (C=O) groups is 1. The Labute approximate surface area is 159 Å². The second-order valence-corrected chi connectivity index (χ2v) is 8.04. The topological polar surface area (TPSA) is 85.6 Å². The van der Waals surface area contributed by atoms with Crippen molar-refractivity contribution >= 4 is 48.6 Å². The summed E-state index contributed by atoms with van der Waals surface area (Å²) in [7, 11) is -3.75. The number of rotatable bonds is 5. The third kappa shape index (κ3) is 3.47. The summed E-state index contributed by atoms with van der Waals surface area (Å²) >= 11 is 3.37. The SMILES string of the molecule is CCOC(=O)c1c(C)oc2c(Br)cc(NS(=O)(=O)c3ccccc3)cc12. The van der Waals surface area contributed by atoms with Crippen LogP contribution in [0.2, 0.25) is 0 Å². The molecule has 6 nitrogen and oxygen atoms in total. The summed E-state index contributed by atoms with van der Waals surface area (Å²) < 4.78 is 38.8. The molecule has 0 unspecified atom stereocenters. The van der Waals surface area contributed by atoms with Gasteiger partial charge < -0.3 is 9.15 Å². The van der Waals surface area contributed by atoms with Gasteiger partial charge in [-0.3, -0.25) is 4.72 Å². The molecule has 8 heteroatoms. The molecule has 0 aliphatic heterocycles. The summed E-state index contributed by atoms with van der Waals surface area (Å²) in [6, 6.07) is 11.2. The molecule has 136 valence electrons. The number of hydrogen-bond donors (Lipinski definition) is 1. The Hall–Kier alpha value is -2.32. The summed E-state index contributed by atoms with van der Waals surface area (Å²) in [5, 5.41) is 0.473. The van der Waals surface area contributed by atoms with Crippen LogP contribution in [0.1, 0.15) is 23.0 Å². The van der Waals surface area contributed by atoms with E-state index in [0.717, 1.165) is 0 Å². The van der Waals surface area contributed by atoms with Crippen molar-refractivity contribution in [3.8, 4) is 0 Å². The third-order valence-electron chi connectivity index (χ3n) is 3.71. The molecule has 0 saturated heterocycles. The number of aryl methyl sites for hydroxylation is 1. The van der Waals surface area contributed by atoms with Crippen LogP contribution in [0.15, 0.2) is 56.2 Å². The fraction of sp³-hybridized carbons (Fsp3) is 0.167. The Kier molecular flexibility index (Phi) is 5.06. The quantitative estimate of drug-likeness (QED) is 0.594. The van der Waals surface area contributed by atoms with Gasteiger partial charge in [0, 0.05) is 5.39 Å². The number of esters is 1. The van der Waals surface area contributed by atoms with Crippen LogP contribution in [-0.2, 0) is 14.8 Å². The van der Waals surface area contributed by atoms with E-state index in [4.69, 9.17) is 9.15 Å². The first-order chi connectivity index (χ1) is 12.3. The minimum Gasteiger partial charge on any atom is -0.462 e. The molecule has 2 aromatic carbocycles. The maximum Gasteiger partial charge on any atom is 0.342 e. The lowest BCUT2D eigenvalue weighted by molar-refractivity contribution is 0.0526. The second kappa shape index (κ2) is 7.13. The molecule has 0 fully saturated rings. The fourth-order valence-electron chi connectivity index (χ4n) is 2.61. The maximum absolute atomic E-state index is 12.5. The predicted octanol–water partition coefficient (Wildman–Crippen LogP) is 4.48. The largest absolute Gasteiger partial charge is 0.462 e. The van der Waals surface area contributed by atoms with E-state index in [1.165, 1.54) is 12.1 Å². The first-order valence-electron chi connectivity index (χ1n) is 7.81. The normalized spacial score (nSPS) is 11.5. The van der Waals surface area contributed by atoms with Gasteiger partial charge in [0.25, 0.3) is 10.0 Å². The van der Waals surface area contributed by atoms with Crippen molar-refractivity contribution in [1.29, 1.82) is 0 Å². The van der Waals surface area contributed by atoms with Gasteiger partial charge in [-0.25, -0.2) is 13.2 Å². The number of ether oxygens (including phenoxy) is 1. The molecule has 3 aromatic rings. The number of benzene rings is 2. The molecule has 0 spiro atoms. The number of furan rings is 1. The molecule has 26 heavy (non-hydrogen) atoms. The molecule has 0 bridgehead atoms. The Bertz CT molecular complexity index is 1070. The molecule has 3 rings (SSSR count). The van der Waals surface area contributed by atoms with Gasteiger partial charge in [0.15, 0.2) is 0 Å². The van der Waals surface area contributed by atoms with E-state index in [0.29, 0.717) is 26.9 Å². The van der Waals surface area contributed by atoms with Crippen molar-refractivity contribution in [2.24, 2.45) is 0 Å². The van der Waals surface area contributed by atoms with E-state index in [1.807, 2.05) is 0 Å². The Morgan fingerprint density at radius 2 is 1.92 bits per heavy atom. The van der Waals surface area contributed by atoms with E-state index in [9.17, 15) is 13.2 Å². The van der Waals surface area contributed by atoms with E-state index in [-0.39, 0.29) is 17.1 Å². The second-order valence-electron chi connectivity index (χ2n) is 5.51. The zero-order chi connectivity index (χ0) is 18.9. The zero-order valence-corrected chi connectivity index (χ0v) is 16.5. The molecule has 1 aromatic heterocycles. The van der Waals surface area contributed by atoms with Crippen molar-refractivity contribution in [3.05, 3.63) is 58.3 Å². The van der Waals surface area contributed by atoms with Crippen LogP contribution >= 0.6 is 15.9 Å². The highest BCUT2D eigenvalue weighted by molar-refractivity contribution is 9.10. The number of hydrogen-bond acceptors (Lipinski definition) is 5. The van der Waals surface area contributed by atoms with Crippen LogP contribution in [0.5, 0.6) is 0 Å². The Morgan fingerprint density at radius 3 is 2.58 bits per heavy atom. The minimum absolute atomic E-state index is 0.144. The Morgan fingerprint density at radius 1 is 1.23 bits per heavy atom. The number of halogens is 1. The highest BCUT2D eigenvalue weighted by atomic mass is 79.9. The molecular formula is C18H16BrNO5S. The van der Waals surface area contributed by atoms with Crippen molar-refractivity contribution < 1.29 is 22.4 Å². The molecule has 0 aliphatic carbocycles. The molecular weight excluding hydrogens is 422 g/mol. The van der Waals surface area contributed by atoms with Gasteiger partial charge in [0.1, 0.15) is 16.9 Å². The lowest BCUT2D eigenvalue weighted by Crippen LogP contribution is -2.13. The Balaban J connectivity index is 2.08. The summed E-state index contributed by atoms with van der Waals surface area (Å²) in [6.45, 7) is 3.60. The van der Waals surface area contributed by atoms with Gasteiger partial charge in [-0.2, -0.15) is 0 Å². The van der Waals surface area contributed by atoms with E-state index in [2.05, 4.69) is 20.7 Å². The lowest BCUT2D eigenvalue weighted by Gasteiger charge is -2.09. The fourth-order valence-corrected chi connectivity index (χ4v) is 4.21. The van der Waals surface area contributed by atoms with Gasteiger partial charge in [0.05, 0.1) is 21.7 Å². The molecule has 0 radical (unpaired) electrons. The predicted molar refractivity (Wildman–Crippen MR) is 102 cm³/mol. The molecule has 0 amide bonds. The van der Waals surface area contributed by atoms with E-state index in [1.54, 1.807) is 44.2 Å². The molecule has 0 atom stereocenters. The summed E-state index contributed by atoms with van der Waals surface area (Å²) in [4.78, 5) is 12.4. The van der Waals surface area contributed by atoms with Crippen LogP contribution in [0.25, 0.3) is 11.0 Å². The first-order valence-corrected chi connectivity index (χ1v) is 10.1. The maximum atomic E-state index is 12.5. The lowest BCUT2D eigenvalue weighted by atomic mass is 10.1. The summed E-state index contributed by atoms with van der Waals surface area (Å²) in [6.07, 6.45) is 0.